The first-order valence-corrected chi connectivity index (χ1v) is 5.00. The van der Waals surface area contributed by atoms with E-state index < -0.39 is 14.8 Å². The van der Waals surface area contributed by atoms with E-state index in [-0.39, 0.29) is 13.0 Å². The predicted molar refractivity (Wildman–Crippen MR) is 32.7 cm³/mol. The summed E-state index contributed by atoms with van der Waals surface area (Å²) in [5, 5.41) is 0. The van der Waals surface area contributed by atoms with E-state index in [0.717, 1.165) is 6.42 Å². The smallest absolute Gasteiger partial charge is 0.373 e. The van der Waals surface area contributed by atoms with Gasteiger partial charge in [-0.2, -0.15) is 0 Å². The van der Waals surface area contributed by atoms with E-state index in [2.05, 4.69) is 4.74 Å². The molecule has 1 rings (SSSR count). The van der Waals surface area contributed by atoms with Gasteiger partial charge >= 0.3 is 9.08 Å². The molecule has 1 aliphatic heterocycles. The maximum atomic E-state index is 12.0. The first-order valence-electron chi connectivity index (χ1n) is 3.29. The number of hydrogen-bond donors (Lipinski definition) is 0. The topological polar surface area (TPSA) is 9.23 Å². The first-order chi connectivity index (χ1) is 4.61. The molecule has 0 bridgehead atoms. The molecule has 0 amide bonds. The van der Waals surface area contributed by atoms with Crippen LogP contribution in [-0.2, 0) is 4.74 Å². The van der Waals surface area contributed by atoms with Crippen molar-refractivity contribution in [2.24, 2.45) is 0 Å². The van der Waals surface area contributed by atoms with Gasteiger partial charge in [-0.3, -0.25) is 0 Å². The van der Waals surface area contributed by atoms with E-state index in [9.17, 15) is 12.3 Å². The van der Waals surface area contributed by atoms with Crippen molar-refractivity contribution in [3.8, 4) is 0 Å². The molecule has 5 heteroatoms. The standard InChI is InChI=1S/C5H9F3OSi/c6-10(7,8)5-3-1-2-4-9-5/h5H,1-4H2. The average molecular weight is 170 g/mol. The lowest BCUT2D eigenvalue weighted by Gasteiger charge is -2.22. The Labute approximate surface area is 58.7 Å². The molecule has 1 unspecified atom stereocenters. The molecule has 0 saturated carbocycles. The number of halogens is 3. The van der Waals surface area contributed by atoms with Crippen LogP contribution in [0, 0.1) is 0 Å². The van der Waals surface area contributed by atoms with Crippen molar-refractivity contribution in [1.29, 1.82) is 0 Å². The minimum atomic E-state index is -5.48. The summed E-state index contributed by atoms with van der Waals surface area (Å²) in [6, 6.07) is 0. The maximum Gasteiger partial charge on any atom is 0.646 e. The van der Waals surface area contributed by atoms with Crippen molar-refractivity contribution >= 4 is 9.08 Å². The minimum absolute atomic E-state index is 0.190. The Morgan fingerprint density at radius 3 is 2.20 bits per heavy atom. The molecule has 0 aromatic heterocycles. The zero-order valence-corrected chi connectivity index (χ0v) is 6.45. The van der Waals surface area contributed by atoms with Crippen LogP contribution in [0.15, 0.2) is 0 Å². The van der Waals surface area contributed by atoms with E-state index in [0.29, 0.717) is 6.42 Å². The van der Waals surface area contributed by atoms with Crippen molar-refractivity contribution in [3.63, 3.8) is 0 Å². The average Bonchev–Trinajstić information content (AvgIpc) is 1.88. The van der Waals surface area contributed by atoms with E-state index in [1.165, 1.54) is 0 Å². The van der Waals surface area contributed by atoms with E-state index in [1.54, 1.807) is 0 Å². The zero-order chi connectivity index (χ0) is 7.61. The Hall–Kier alpha value is -0.0331. The third kappa shape index (κ3) is 1.98. The second-order valence-corrected chi connectivity index (χ2v) is 4.12. The fourth-order valence-corrected chi connectivity index (χ4v) is 1.84. The Bertz CT molecular complexity index is 108. The predicted octanol–water partition coefficient (Wildman–Crippen LogP) is 1.94. The molecule has 0 aromatic rings. The Morgan fingerprint density at radius 1 is 1.20 bits per heavy atom. The molecule has 60 valence electrons. The fraction of sp³-hybridized carbons (Fsp3) is 1.00. The van der Waals surface area contributed by atoms with Gasteiger partial charge in [-0.25, -0.2) is 12.3 Å². The summed E-state index contributed by atoms with van der Waals surface area (Å²) in [5.74, 6) is 0. The third-order valence-electron chi connectivity index (χ3n) is 1.54. The van der Waals surface area contributed by atoms with Crippen LogP contribution in [0.4, 0.5) is 12.3 Å². The van der Waals surface area contributed by atoms with E-state index in [1.807, 2.05) is 0 Å². The SMILES string of the molecule is F[Si](F)(F)C1CCCCO1. The van der Waals surface area contributed by atoms with Gasteiger partial charge in [0, 0.05) is 6.61 Å². The lowest BCUT2D eigenvalue weighted by atomic mass is 10.2. The van der Waals surface area contributed by atoms with Crippen molar-refractivity contribution < 1.29 is 17.1 Å². The molecule has 1 atom stereocenters. The highest BCUT2D eigenvalue weighted by Gasteiger charge is 2.48. The van der Waals surface area contributed by atoms with E-state index in [4.69, 9.17) is 0 Å². The van der Waals surface area contributed by atoms with Gasteiger partial charge in [-0.1, -0.05) is 0 Å². The normalized spacial score (nSPS) is 28.5. The summed E-state index contributed by atoms with van der Waals surface area (Å²) in [6.07, 6.45) is 1.63. The van der Waals surface area contributed by atoms with Crippen LogP contribution in [0.25, 0.3) is 0 Å². The Morgan fingerprint density at radius 2 is 1.90 bits per heavy atom. The summed E-state index contributed by atoms with van der Waals surface area (Å²) >= 11 is 0. The van der Waals surface area contributed by atoms with Gasteiger partial charge in [0.1, 0.15) is 5.73 Å². The molecule has 0 N–H and O–H groups in total. The summed E-state index contributed by atoms with van der Waals surface area (Å²) in [6.45, 7) is 0.289. The van der Waals surface area contributed by atoms with Gasteiger partial charge < -0.3 is 4.74 Å². The molecule has 1 heterocycles. The van der Waals surface area contributed by atoms with Crippen LogP contribution >= 0.6 is 0 Å². The van der Waals surface area contributed by atoms with Crippen LogP contribution in [0.5, 0.6) is 0 Å². The molecule has 1 nitrogen and oxygen atoms in total. The van der Waals surface area contributed by atoms with Crippen molar-refractivity contribution in [2.45, 2.75) is 25.0 Å². The van der Waals surface area contributed by atoms with Gasteiger partial charge in [0.2, 0.25) is 0 Å². The van der Waals surface area contributed by atoms with Crippen molar-refractivity contribution in [1.82, 2.24) is 0 Å². The molecule has 0 radical (unpaired) electrons. The van der Waals surface area contributed by atoms with Gasteiger partial charge in [0.05, 0.1) is 0 Å². The first kappa shape index (κ1) is 8.07. The minimum Gasteiger partial charge on any atom is -0.373 e. The van der Waals surface area contributed by atoms with Crippen molar-refractivity contribution in [2.75, 3.05) is 6.61 Å². The van der Waals surface area contributed by atoms with Crippen LogP contribution in [0.3, 0.4) is 0 Å². The molecule has 0 aromatic carbocycles. The quantitative estimate of drug-likeness (QED) is 0.431. The lowest BCUT2D eigenvalue weighted by molar-refractivity contribution is 0.0393. The Kier molecular flexibility index (Phi) is 2.35. The monoisotopic (exact) mass is 170 g/mol. The molecule has 0 aliphatic carbocycles. The molecule has 0 spiro atoms. The van der Waals surface area contributed by atoms with Crippen LogP contribution < -0.4 is 0 Å². The maximum absolute atomic E-state index is 12.0. The van der Waals surface area contributed by atoms with Crippen LogP contribution in [0.1, 0.15) is 19.3 Å². The summed E-state index contributed by atoms with van der Waals surface area (Å²) < 4.78 is 40.4. The fourth-order valence-electron chi connectivity index (χ4n) is 0.999. The van der Waals surface area contributed by atoms with Gasteiger partial charge in [-0.15, -0.1) is 0 Å². The lowest BCUT2D eigenvalue weighted by Crippen LogP contribution is -2.39. The highest BCUT2D eigenvalue weighted by Crippen LogP contribution is 2.24. The molecule has 10 heavy (non-hydrogen) atoms. The molecule has 1 fully saturated rings. The van der Waals surface area contributed by atoms with E-state index >= 15 is 0 Å². The second-order valence-electron chi connectivity index (χ2n) is 2.40. The van der Waals surface area contributed by atoms with Gasteiger partial charge in [0.25, 0.3) is 0 Å². The molecule has 1 aliphatic rings. The zero-order valence-electron chi connectivity index (χ0n) is 5.45. The van der Waals surface area contributed by atoms with Crippen LogP contribution in [0.2, 0.25) is 0 Å². The molecular formula is C5H9F3OSi. The summed E-state index contributed by atoms with van der Waals surface area (Å²) in [7, 11) is -5.48. The third-order valence-corrected chi connectivity index (χ3v) is 2.73. The summed E-state index contributed by atoms with van der Waals surface area (Å²) in [5.41, 5.74) is -1.36. The highest BCUT2D eigenvalue weighted by molar-refractivity contribution is 6.60. The Balaban J connectivity index is 2.39. The van der Waals surface area contributed by atoms with Crippen molar-refractivity contribution in [3.05, 3.63) is 0 Å². The van der Waals surface area contributed by atoms with Gasteiger partial charge in [0.15, 0.2) is 0 Å². The second kappa shape index (κ2) is 2.92. The van der Waals surface area contributed by atoms with Crippen LogP contribution in [-0.4, -0.2) is 21.4 Å². The largest absolute Gasteiger partial charge is 0.646 e. The summed E-state index contributed by atoms with van der Waals surface area (Å²) in [4.78, 5) is 0. The molecule has 1 saturated heterocycles. The number of ether oxygens (including phenoxy) is 1. The highest BCUT2D eigenvalue weighted by atomic mass is 28.5. The van der Waals surface area contributed by atoms with Gasteiger partial charge in [-0.05, 0) is 19.3 Å². The number of hydrogen-bond acceptors (Lipinski definition) is 1. The number of rotatable bonds is 1. The molecular weight excluding hydrogens is 161 g/mol.